The van der Waals surface area contributed by atoms with Crippen molar-refractivity contribution in [3.05, 3.63) is 0 Å². The maximum absolute atomic E-state index is 11.4. The quantitative estimate of drug-likeness (QED) is 0.621. The number of ether oxygens (including phenoxy) is 1. The SMILES string of the molecule is CC(=O)OC1CCC2SC1CCC2=O. The molecule has 4 heteroatoms. The number of carbonyl (C=O) groups is 2. The van der Waals surface area contributed by atoms with Crippen LogP contribution >= 0.6 is 11.8 Å². The second-order valence-electron chi connectivity index (χ2n) is 3.89. The zero-order chi connectivity index (χ0) is 10.1. The van der Waals surface area contributed by atoms with Crippen molar-refractivity contribution in [2.24, 2.45) is 0 Å². The highest BCUT2D eigenvalue weighted by atomic mass is 32.2. The van der Waals surface area contributed by atoms with Crippen LogP contribution in [0.3, 0.4) is 0 Å². The minimum Gasteiger partial charge on any atom is -0.461 e. The second kappa shape index (κ2) is 3.93. The van der Waals surface area contributed by atoms with E-state index < -0.39 is 0 Å². The highest BCUT2D eigenvalue weighted by molar-refractivity contribution is 8.01. The first kappa shape index (κ1) is 10.0. The summed E-state index contributed by atoms with van der Waals surface area (Å²) in [5, 5.41) is 0.538. The van der Waals surface area contributed by atoms with Crippen LogP contribution in [0.4, 0.5) is 0 Å². The molecule has 0 saturated carbocycles. The Labute approximate surface area is 87.6 Å². The van der Waals surface area contributed by atoms with E-state index >= 15 is 0 Å². The molecule has 2 rings (SSSR count). The zero-order valence-electron chi connectivity index (χ0n) is 8.19. The van der Waals surface area contributed by atoms with Gasteiger partial charge in [-0.25, -0.2) is 0 Å². The molecule has 78 valence electrons. The van der Waals surface area contributed by atoms with Gasteiger partial charge in [-0.05, 0) is 19.3 Å². The molecule has 3 unspecified atom stereocenters. The normalized spacial score (nSPS) is 36.6. The summed E-state index contributed by atoms with van der Waals surface area (Å²) in [5.74, 6) is 0.179. The average Bonchev–Trinajstić information content (AvgIpc) is 2.14. The van der Waals surface area contributed by atoms with Crippen molar-refractivity contribution < 1.29 is 14.3 Å². The van der Waals surface area contributed by atoms with Crippen molar-refractivity contribution >= 4 is 23.5 Å². The predicted molar refractivity (Wildman–Crippen MR) is 54.2 cm³/mol. The minimum absolute atomic E-state index is 0.0434. The van der Waals surface area contributed by atoms with Gasteiger partial charge in [0.05, 0.1) is 5.25 Å². The second-order valence-corrected chi connectivity index (χ2v) is 5.34. The van der Waals surface area contributed by atoms with Gasteiger partial charge in [-0.2, -0.15) is 0 Å². The van der Waals surface area contributed by atoms with Gasteiger partial charge in [-0.15, -0.1) is 11.8 Å². The first-order valence-corrected chi connectivity index (χ1v) is 5.96. The standard InChI is InChI=1S/C10H14O3S/c1-6(11)13-8-3-5-9-7(12)2-4-10(8)14-9/h8-10H,2-5H2,1H3. The molecule has 0 N–H and O–H groups in total. The number of hydrogen-bond donors (Lipinski definition) is 0. The van der Waals surface area contributed by atoms with Gasteiger partial charge in [0.1, 0.15) is 11.9 Å². The van der Waals surface area contributed by atoms with Crippen LogP contribution in [0.5, 0.6) is 0 Å². The Bertz CT molecular complexity index is 264. The molecule has 2 aliphatic rings. The van der Waals surface area contributed by atoms with E-state index in [0.717, 1.165) is 19.3 Å². The minimum atomic E-state index is -0.203. The van der Waals surface area contributed by atoms with Crippen LogP contribution in [0.1, 0.15) is 32.6 Å². The Balaban J connectivity index is 1.98. The highest BCUT2D eigenvalue weighted by Gasteiger charge is 2.39. The van der Waals surface area contributed by atoms with Gasteiger partial charge >= 0.3 is 5.97 Å². The molecule has 0 spiro atoms. The van der Waals surface area contributed by atoms with Crippen molar-refractivity contribution in [3.8, 4) is 0 Å². The molecule has 2 bridgehead atoms. The molecule has 3 nitrogen and oxygen atoms in total. The number of esters is 1. The molecule has 0 aliphatic carbocycles. The van der Waals surface area contributed by atoms with Gasteiger partial charge in [0.25, 0.3) is 0 Å². The molecule has 14 heavy (non-hydrogen) atoms. The molecule has 0 radical (unpaired) electrons. The van der Waals surface area contributed by atoms with Gasteiger partial charge < -0.3 is 4.74 Å². The summed E-state index contributed by atoms with van der Waals surface area (Å²) in [6.45, 7) is 1.45. The van der Waals surface area contributed by atoms with E-state index in [-0.39, 0.29) is 17.3 Å². The zero-order valence-corrected chi connectivity index (χ0v) is 9.01. The summed E-state index contributed by atoms with van der Waals surface area (Å²) in [5.41, 5.74) is 0. The lowest BCUT2D eigenvalue weighted by Crippen LogP contribution is -2.41. The van der Waals surface area contributed by atoms with E-state index in [9.17, 15) is 9.59 Å². The van der Waals surface area contributed by atoms with Crippen molar-refractivity contribution in [3.63, 3.8) is 0 Å². The molecule has 0 amide bonds. The molecule has 2 saturated heterocycles. The van der Waals surface area contributed by atoms with Crippen molar-refractivity contribution in [1.82, 2.24) is 0 Å². The van der Waals surface area contributed by atoms with Gasteiger partial charge in [0.2, 0.25) is 0 Å². The smallest absolute Gasteiger partial charge is 0.302 e. The third-order valence-corrected chi connectivity index (χ3v) is 4.53. The van der Waals surface area contributed by atoms with Crippen LogP contribution in [-0.4, -0.2) is 28.4 Å². The molecular weight excluding hydrogens is 200 g/mol. The van der Waals surface area contributed by atoms with E-state index in [1.54, 1.807) is 11.8 Å². The third-order valence-electron chi connectivity index (χ3n) is 2.82. The number of thioether (sulfide) groups is 1. The number of rotatable bonds is 1. The molecule has 2 heterocycles. The summed E-state index contributed by atoms with van der Waals surface area (Å²) in [6, 6.07) is 0. The van der Waals surface area contributed by atoms with E-state index in [1.165, 1.54) is 6.92 Å². The molecule has 0 aromatic carbocycles. The van der Waals surface area contributed by atoms with Crippen LogP contribution < -0.4 is 0 Å². The number of carbonyl (C=O) groups excluding carboxylic acids is 2. The molecule has 3 atom stereocenters. The van der Waals surface area contributed by atoms with Crippen LogP contribution in [0.25, 0.3) is 0 Å². The molecule has 2 fully saturated rings. The van der Waals surface area contributed by atoms with E-state index in [1.807, 2.05) is 0 Å². The van der Waals surface area contributed by atoms with Crippen LogP contribution in [-0.2, 0) is 14.3 Å². The van der Waals surface area contributed by atoms with E-state index in [0.29, 0.717) is 17.5 Å². The molecule has 0 aromatic rings. The van der Waals surface area contributed by atoms with Crippen molar-refractivity contribution in [2.75, 3.05) is 0 Å². The lowest BCUT2D eigenvalue weighted by Gasteiger charge is -2.37. The maximum atomic E-state index is 11.4. The lowest BCUT2D eigenvalue weighted by molar-refractivity contribution is -0.147. The highest BCUT2D eigenvalue weighted by Crippen LogP contribution is 2.40. The molecular formula is C10H14O3S. The number of fused-ring (bicyclic) bond motifs is 2. The average molecular weight is 214 g/mol. The van der Waals surface area contributed by atoms with Gasteiger partial charge in [-0.1, -0.05) is 0 Å². The first-order valence-electron chi connectivity index (χ1n) is 5.02. The van der Waals surface area contributed by atoms with Crippen LogP contribution in [0.15, 0.2) is 0 Å². The summed E-state index contributed by atoms with van der Waals surface area (Å²) in [4.78, 5) is 22.2. The van der Waals surface area contributed by atoms with E-state index in [2.05, 4.69) is 0 Å². The molecule has 2 aliphatic heterocycles. The Kier molecular flexibility index (Phi) is 2.81. The number of hydrogen-bond acceptors (Lipinski definition) is 4. The Morgan fingerprint density at radius 1 is 1.43 bits per heavy atom. The topological polar surface area (TPSA) is 43.4 Å². The summed E-state index contributed by atoms with van der Waals surface area (Å²) < 4.78 is 5.24. The lowest BCUT2D eigenvalue weighted by atomic mass is 9.95. The summed E-state index contributed by atoms with van der Waals surface area (Å²) in [6.07, 6.45) is 3.31. The van der Waals surface area contributed by atoms with E-state index in [4.69, 9.17) is 4.74 Å². The summed E-state index contributed by atoms with van der Waals surface area (Å²) >= 11 is 1.70. The number of Topliss-reactive ketones (excluding diaryl/α,β-unsaturated/α-hetero) is 1. The van der Waals surface area contributed by atoms with Crippen molar-refractivity contribution in [1.29, 1.82) is 0 Å². The number of ketones is 1. The van der Waals surface area contributed by atoms with Gasteiger partial charge in [0.15, 0.2) is 0 Å². The van der Waals surface area contributed by atoms with Gasteiger partial charge in [-0.3, -0.25) is 9.59 Å². The molecule has 0 aromatic heterocycles. The maximum Gasteiger partial charge on any atom is 0.302 e. The Morgan fingerprint density at radius 2 is 2.21 bits per heavy atom. The largest absolute Gasteiger partial charge is 0.461 e. The van der Waals surface area contributed by atoms with Crippen molar-refractivity contribution in [2.45, 2.75) is 49.2 Å². The fourth-order valence-electron chi connectivity index (χ4n) is 2.15. The van der Waals surface area contributed by atoms with Gasteiger partial charge in [0, 0.05) is 18.6 Å². The fourth-order valence-corrected chi connectivity index (χ4v) is 3.74. The monoisotopic (exact) mass is 214 g/mol. The Hall–Kier alpha value is -0.510. The predicted octanol–water partition coefficient (Wildman–Crippen LogP) is 1.55. The van der Waals surface area contributed by atoms with Crippen LogP contribution in [0.2, 0.25) is 0 Å². The first-order chi connectivity index (χ1) is 6.66. The van der Waals surface area contributed by atoms with Crippen LogP contribution in [0, 0.1) is 0 Å². The Morgan fingerprint density at radius 3 is 2.93 bits per heavy atom. The fraction of sp³-hybridized carbons (Fsp3) is 0.800. The third kappa shape index (κ3) is 1.95. The summed E-state index contributed by atoms with van der Waals surface area (Å²) in [7, 11) is 0.